The van der Waals surface area contributed by atoms with Gasteiger partial charge in [0.15, 0.2) is 0 Å². The number of H-pyrrole nitrogens is 1. The quantitative estimate of drug-likeness (QED) is 0.138. The van der Waals surface area contributed by atoms with Crippen LogP contribution in [0.2, 0.25) is 20.4 Å². The smallest absolute Gasteiger partial charge is 0.215 e. The zero-order valence-corrected chi connectivity index (χ0v) is 27.0. The summed E-state index contributed by atoms with van der Waals surface area (Å²) in [7, 11) is 0. The highest BCUT2D eigenvalue weighted by Crippen LogP contribution is 2.41. The van der Waals surface area contributed by atoms with Crippen LogP contribution in [0.15, 0.2) is 54.9 Å². The van der Waals surface area contributed by atoms with Crippen LogP contribution in [0, 0.1) is 0 Å². The molecule has 6 aromatic rings. The van der Waals surface area contributed by atoms with Gasteiger partial charge in [0.2, 0.25) is 11.6 Å². The second kappa shape index (κ2) is 12.3. The van der Waals surface area contributed by atoms with Crippen molar-refractivity contribution in [3.63, 3.8) is 0 Å². The molecule has 0 aliphatic heterocycles. The molecule has 234 valence electrons. The Hall–Kier alpha value is -4.62. The van der Waals surface area contributed by atoms with Gasteiger partial charge in [0.1, 0.15) is 43.9 Å². The zero-order chi connectivity index (χ0) is 32.9. The van der Waals surface area contributed by atoms with Crippen LogP contribution in [-0.2, 0) is 13.1 Å². The molecule has 0 aliphatic rings. The summed E-state index contributed by atoms with van der Waals surface area (Å²) < 4.78 is 4.41. The van der Waals surface area contributed by atoms with Crippen molar-refractivity contribution >= 4 is 58.0 Å². The summed E-state index contributed by atoms with van der Waals surface area (Å²) in [6.07, 6.45) is 3.41. The topological polar surface area (TPSA) is 157 Å². The molecule has 0 radical (unpaired) electrons. The van der Waals surface area contributed by atoms with Crippen LogP contribution in [0.3, 0.4) is 0 Å². The second-order valence-corrected chi connectivity index (χ2v) is 11.5. The van der Waals surface area contributed by atoms with Gasteiger partial charge < -0.3 is 15.2 Å². The normalized spacial score (nSPS) is 11.3. The largest absolute Gasteiger partial charge is 0.507 e. The maximum atomic E-state index is 13.9. The van der Waals surface area contributed by atoms with E-state index < -0.39 is 11.6 Å². The Bertz CT molecular complexity index is 2010. The number of aromatic hydroxyl groups is 2. The molecule has 0 saturated heterocycles. The Balaban J connectivity index is 1.41. The lowest BCUT2D eigenvalue weighted by molar-refractivity contribution is 0.101. The van der Waals surface area contributed by atoms with E-state index in [0.717, 1.165) is 0 Å². The molecule has 16 heteroatoms. The lowest BCUT2D eigenvalue weighted by atomic mass is 10.0. The summed E-state index contributed by atoms with van der Waals surface area (Å²) in [5.74, 6) is -2.09. The van der Waals surface area contributed by atoms with Crippen molar-refractivity contribution in [1.82, 2.24) is 39.5 Å². The number of aromatic amines is 1. The highest BCUT2D eigenvalue weighted by Gasteiger charge is 2.31. The van der Waals surface area contributed by atoms with Gasteiger partial charge in [-0.3, -0.25) is 23.5 Å². The Labute approximate surface area is 280 Å². The predicted molar refractivity (Wildman–Crippen MR) is 173 cm³/mol. The number of nitrogens with one attached hydrogen (secondary N) is 1. The molecule has 12 nitrogen and oxygen atoms in total. The first-order chi connectivity index (χ1) is 22.0. The first-order valence-corrected chi connectivity index (χ1v) is 15.2. The fraction of sp³-hybridized carbons (Fsp3) is 0.133. The fourth-order valence-corrected chi connectivity index (χ4v) is 5.69. The minimum Gasteiger partial charge on any atom is -0.507 e. The third-order valence-corrected chi connectivity index (χ3v) is 8.76. The number of ketones is 2. The minimum absolute atomic E-state index is 0.0311. The summed E-state index contributed by atoms with van der Waals surface area (Å²) in [6.45, 7) is 5.04. The molecule has 0 saturated carbocycles. The van der Waals surface area contributed by atoms with E-state index in [1.165, 1.54) is 34.9 Å². The van der Waals surface area contributed by atoms with E-state index in [4.69, 9.17) is 46.4 Å². The van der Waals surface area contributed by atoms with Gasteiger partial charge in [0.05, 0.1) is 39.9 Å². The summed E-state index contributed by atoms with van der Waals surface area (Å²) in [5, 5.41) is 37.5. The standard InChI is InChI=1S/C30H22Cl4N8O4/c1-3-40-12-19(36-38-40)14-5-7-16(22(43)9-14)27(45)21-11-18(31)30(34)42(21)26-24(32)29(33)35-25(26)28(46)17-8-6-15(10-23(17)44)20-13-41(4-2)39-37-20/h5-13,35,43-44H,3-4H2,1-2H3. The molecule has 0 spiro atoms. The maximum absolute atomic E-state index is 13.9. The van der Waals surface area contributed by atoms with Crippen LogP contribution >= 0.6 is 46.4 Å². The Kier molecular flexibility index (Phi) is 8.38. The average molecular weight is 700 g/mol. The van der Waals surface area contributed by atoms with Crippen molar-refractivity contribution in [3.8, 4) is 39.7 Å². The molecule has 0 amide bonds. The summed E-state index contributed by atoms with van der Waals surface area (Å²) in [6, 6.07) is 10.1. The molecule has 46 heavy (non-hydrogen) atoms. The van der Waals surface area contributed by atoms with Crippen LogP contribution in [-0.4, -0.2) is 61.3 Å². The van der Waals surface area contributed by atoms with Crippen molar-refractivity contribution in [2.75, 3.05) is 0 Å². The number of aromatic nitrogens is 8. The Morgan fingerprint density at radius 3 is 1.78 bits per heavy atom. The molecule has 4 aromatic heterocycles. The Morgan fingerprint density at radius 1 is 0.783 bits per heavy atom. The van der Waals surface area contributed by atoms with E-state index in [1.54, 1.807) is 33.9 Å². The molecule has 0 bridgehead atoms. The second-order valence-electron chi connectivity index (χ2n) is 10.0. The number of phenols is 2. The first-order valence-electron chi connectivity index (χ1n) is 13.7. The molecule has 0 fully saturated rings. The molecular formula is C30H22Cl4N8O4. The van der Waals surface area contributed by atoms with Gasteiger partial charge in [0.25, 0.3) is 0 Å². The van der Waals surface area contributed by atoms with E-state index >= 15 is 0 Å². The molecular weight excluding hydrogens is 678 g/mol. The third kappa shape index (κ3) is 5.43. The highest BCUT2D eigenvalue weighted by atomic mass is 35.5. The van der Waals surface area contributed by atoms with Gasteiger partial charge in [-0.25, -0.2) is 0 Å². The van der Waals surface area contributed by atoms with Crippen molar-refractivity contribution in [2.45, 2.75) is 26.9 Å². The predicted octanol–water partition coefficient (Wildman–Crippen LogP) is 6.85. The number of aryl methyl sites for hydroxylation is 2. The van der Waals surface area contributed by atoms with E-state index in [-0.39, 0.29) is 60.1 Å². The number of benzene rings is 2. The van der Waals surface area contributed by atoms with Crippen LogP contribution in [0.4, 0.5) is 0 Å². The lowest BCUT2D eigenvalue weighted by Gasteiger charge is -2.13. The van der Waals surface area contributed by atoms with Crippen molar-refractivity contribution in [3.05, 3.63) is 97.7 Å². The Morgan fingerprint density at radius 2 is 1.30 bits per heavy atom. The number of carbonyl (C=O) groups is 2. The lowest BCUT2D eigenvalue weighted by Crippen LogP contribution is -2.13. The van der Waals surface area contributed by atoms with Crippen molar-refractivity contribution in [2.24, 2.45) is 0 Å². The summed E-state index contributed by atoms with van der Waals surface area (Å²) in [5.41, 5.74) is 1.50. The fourth-order valence-electron chi connectivity index (χ4n) is 4.86. The molecule has 6 rings (SSSR count). The van der Waals surface area contributed by atoms with Crippen LogP contribution in [0.5, 0.6) is 11.5 Å². The molecule has 2 aromatic carbocycles. The van der Waals surface area contributed by atoms with E-state index in [2.05, 4.69) is 25.6 Å². The maximum Gasteiger partial charge on any atom is 0.215 e. The monoisotopic (exact) mass is 698 g/mol. The van der Waals surface area contributed by atoms with Crippen LogP contribution in [0.1, 0.15) is 46.0 Å². The van der Waals surface area contributed by atoms with Gasteiger partial charge in [-0.05, 0) is 44.2 Å². The van der Waals surface area contributed by atoms with Gasteiger partial charge in [-0.15, -0.1) is 10.2 Å². The number of hydrogen-bond donors (Lipinski definition) is 3. The third-order valence-electron chi connectivity index (χ3n) is 7.25. The van der Waals surface area contributed by atoms with Crippen LogP contribution in [0.25, 0.3) is 28.2 Å². The van der Waals surface area contributed by atoms with E-state index in [9.17, 15) is 19.8 Å². The van der Waals surface area contributed by atoms with E-state index in [1.807, 2.05) is 13.8 Å². The number of nitrogens with zero attached hydrogens (tertiary/aromatic N) is 7. The summed E-state index contributed by atoms with van der Waals surface area (Å²) >= 11 is 25.9. The van der Waals surface area contributed by atoms with Gasteiger partial charge >= 0.3 is 0 Å². The SMILES string of the molecule is CCn1cc(-c2ccc(C(=O)c3[nH]c(Cl)c(Cl)c3-n3c(C(=O)c4ccc(-c5cn(CC)nn5)cc4O)cc(Cl)c3Cl)c(O)c2)nn1. The minimum atomic E-state index is -0.711. The van der Waals surface area contributed by atoms with E-state index in [0.29, 0.717) is 35.6 Å². The number of halogens is 4. The van der Waals surface area contributed by atoms with Gasteiger partial charge in [-0.1, -0.05) is 69.0 Å². The molecule has 0 aliphatic carbocycles. The number of phenolic OH excluding ortho intramolecular Hbond substituents is 2. The van der Waals surface area contributed by atoms with Gasteiger partial charge in [-0.2, -0.15) is 0 Å². The van der Waals surface area contributed by atoms with Crippen molar-refractivity contribution in [1.29, 1.82) is 0 Å². The zero-order valence-electron chi connectivity index (χ0n) is 24.0. The average Bonchev–Trinajstić information content (AvgIpc) is 3.84. The molecule has 0 atom stereocenters. The first kappa shape index (κ1) is 31.4. The number of carbonyl (C=O) groups excluding carboxylic acids is 2. The molecule has 0 unspecified atom stereocenters. The highest BCUT2D eigenvalue weighted by molar-refractivity contribution is 6.45. The molecule has 4 heterocycles. The van der Waals surface area contributed by atoms with Gasteiger partial charge in [0, 0.05) is 24.2 Å². The van der Waals surface area contributed by atoms with Crippen LogP contribution < -0.4 is 0 Å². The van der Waals surface area contributed by atoms with Crippen molar-refractivity contribution < 1.29 is 19.8 Å². The number of hydrogen-bond acceptors (Lipinski definition) is 8. The molecule has 3 N–H and O–H groups in total. The number of rotatable bonds is 9. The summed E-state index contributed by atoms with van der Waals surface area (Å²) in [4.78, 5) is 30.5.